The Hall–Kier alpha value is -5.07. The van der Waals surface area contributed by atoms with Gasteiger partial charge in [-0.15, -0.1) is 11.3 Å². The minimum atomic E-state index is -0.501. The predicted molar refractivity (Wildman–Crippen MR) is 222 cm³/mol. The van der Waals surface area contributed by atoms with Crippen LogP contribution in [0.3, 0.4) is 0 Å². The van der Waals surface area contributed by atoms with E-state index < -0.39 is 18.3 Å². The van der Waals surface area contributed by atoms with E-state index in [0.717, 1.165) is 43.8 Å². The fraction of sp³-hybridized carbons (Fsp3) is 0.170. The van der Waals surface area contributed by atoms with Crippen LogP contribution in [0.15, 0.2) is 158 Å². The number of thiazole rings is 1. The summed E-state index contributed by atoms with van der Waals surface area (Å²) < 4.78 is 14.4. The Morgan fingerprint density at radius 2 is 0.981 bits per heavy atom. The third-order valence-electron chi connectivity index (χ3n) is 9.94. The summed E-state index contributed by atoms with van der Waals surface area (Å²) in [7, 11) is -0.501. The molecule has 0 amide bonds. The first-order chi connectivity index (χ1) is 25.3. The number of hydrogen-bond acceptors (Lipinski definition) is 4. The van der Waals surface area contributed by atoms with Crippen molar-refractivity contribution in [1.82, 2.24) is 4.98 Å². The van der Waals surface area contributed by atoms with Gasteiger partial charge in [0, 0.05) is 5.56 Å². The van der Waals surface area contributed by atoms with Crippen LogP contribution in [0.4, 0.5) is 0 Å². The van der Waals surface area contributed by atoms with Gasteiger partial charge >= 0.3 is 7.12 Å². The van der Waals surface area contributed by atoms with Crippen LogP contribution in [-0.4, -0.2) is 23.3 Å². The highest BCUT2D eigenvalue weighted by Crippen LogP contribution is 2.40. The van der Waals surface area contributed by atoms with Gasteiger partial charge in [0.2, 0.25) is 0 Å². The second-order valence-corrected chi connectivity index (χ2v) is 14.9. The average Bonchev–Trinajstić information content (AvgIpc) is 3.72. The van der Waals surface area contributed by atoms with Gasteiger partial charge in [0.25, 0.3) is 0 Å². The predicted octanol–water partition coefficient (Wildman–Crippen LogP) is 12.0. The maximum atomic E-state index is 6.59. The molecule has 0 saturated carbocycles. The van der Waals surface area contributed by atoms with E-state index in [2.05, 4.69) is 179 Å². The quantitative estimate of drug-likeness (QED) is 0.123. The molecule has 1 aliphatic heterocycles. The zero-order chi connectivity index (χ0) is 36.3. The topological polar surface area (TPSA) is 31.4 Å². The fourth-order valence-electron chi connectivity index (χ4n) is 6.63. The molecule has 0 atom stereocenters. The lowest BCUT2D eigenvalue weighted by molar-refractivity contribution is 0.00578. The van der Waals surface area contributed by atoms with E-state index in [1.54, 1.807) is 11.3 Å². The van der Waals surface area contributed by atoms with Gasteiger partial charge < -0.3 is 9.31 Å². The van der Waals surface area contributed by atoms with Gasteiger partial charge in [-0.1, -0.05) is 147 Å². The second kappa shape index (κ2) is 14.9. The molecule has 6 aromatic carbocycles. The van der Waals surface area contributed by atoms with Crippen molar-refractivity contribution in [3.8, 4) is 21.7 Å². The molecule has 0 N–H and O–H groups in total. The lowest BCUT2D eigenvalue weighted by Crippen LogP contribution is -2.41. The number of rotatable bonds is 7. The van der Waals surface area contributed by atoms with Crippen LogP contribution >= 0.6 is 11.3 Å². The Morgan fingerprint density at radius 1 is 0.500 bits per heavy atom. The summed E-state index contributed by atoms with van der Waals surface area (Å²) in [4.78, 5) is 5.05. The van der Waals surface area contributed by atoms with E-state index >= 15 is 0 Å². The maximum absolute atomic E-state index is 6.59. The van der Waals surface area contributed by atoms with E-state index in [0.29, 0.717) is 0 Å². The summed E-state index contributed by atoms with van der Waals surface area (Å²) in [5.41, 5.74) is 11.3. The lowest BCUT2D eigenvalue weighted by Gasteiger charge is -2.32. The van der Waals surface area contributed by atoms with Crippen molar-refractivity contribution in [2.45, 2.75) is 52.7 Å². The molecule has 3 nitrogen and oxygen atoms in total. The van der Waals surface area contributed by atoms with Crippen molar-refractivity contribution in [3.63, 3.8) is 0 Å². The van der Waals surface area contributed by atoms with Crippen LogP contribution in [0.2, 0.25) is 0 Å². The van der Waals surface area contributed by atoms with E-state index in [1.165, 1.54) is 27.0 Å². The Morgan fingerprint density at radius 3 is 1.54 bits per heavy atom. The molecular weight excluding hydrogens is 653 g/mol. The number of hydrogen-bond donors (Lipinski definition) is 0. The van der Waals surface area contributed by atoms with Gasteiger partial charge in [-0.05, 0) is 102 Å². The molecular formula is C47H44BNO2S. The van der Waals surface area contributed by atoms with Crippen LogP contribution in [0.1, 0.15) is 63.8 Å². The molecule has 0 radical (unpaired) electrons. The molecule has 0 bridgehead atoms. The van der Waals surface area contributed by atoms with E-state index in [-0.39, 0.29) is 0 Å². The summed E-state index contributed by atoms with van der Waals surface area (Å²) in [5, 5.41) is 0.974. The normalized spacial score (nSPS) is 14.5. The Balaban J connectivity index is 0.00000207. The first kappa shape index (κ1) is 35.3. The van der Waals surface area contributed by atoms with Gasteiger partial charge in [0.1, 0.15) is 5.01 Å². The van der Waals surface area contributed by atoms with Crippen LogP contribution in [0.25, 0.3) is 43.1 Å². The number of nitrogens with zero attached hydrogens (tertiary/aromatic N) is 1. The maximum Gasteiger partial charge on any atom is 0.494 e. The van der Waals surface area contributed by atoms with Crippen LogP contribution in [-0.2, 0) is 9.31 Å². The van der Waals surface area contributed by atoms with Crippen LogP contribution in [0, 0.1) is 0 Å². The van der Waals surface area contributed by atoms with Crippen molar-refractivity contribution in [3.05, 3.63) is 180 Å². The zero-order valence-electron chi connectivity index (χ0n) is 30.8. The van der Waals surface area contributed by atoms with Crippen molar-refractivity contribution in [1.29, 1.82) is 0 Å². The summed E-state index contributed by atoms with van der Waals surface area (Å²) in [6.45, 7) is 12.4. The van der Waals surface area contributed by atoms with Gasteiger partial charge in [0.05, 0.1) is 21.4 Å². The Bertz CT molecular complexity index is 2240. The first-order valence-corrected chi connectivity index (χ1v) is 19.0. The molecule has 2 heterocycles. The molecule has 1 aromatic heterocycles. The average molecular weight is 698 g/mol. The second-order valence-electron chi connectivity index (χ2n) is 13.8. The summed E-state index contributed by atoms with van der Waals surface area (Å²) >= 11 is 1.71. The third-order valence-corrected chi connectivity index (χ3v) is 11.0. The summed E-state index contributed by atoms with van der Waals surface area (Å²) in [5.74, 6) is 0. The number of para-hydroxylation sites is 1. The zero-order valence-corrected chi connectivity index (χ0v) is 31.6. The van der Waals surface area contributed by atoms with Gasteiger partial charge in [-0.3, -0.25) is 0 Å². The molecule has 0 unspecified atom stereocenters. The standard InChI is InChI=1S/C45H38BNO2S.C2H6/c1-44(2)45(3,4)49-46(48-44)38-29-36(28-37(30-38)43-47-39-25-14-15-26-40(39)50-43)34-23-16-24-35(27-34)42(33-21-12-7-13-22-33)41(31-17-8-5-9-18-31)32-19-10-6-11-20-32;1-2/h5-30H,1-4H3;1-2H3. The number of fused-ring (bicyclic) bond motifs is 1. The molecule has 5 heteroatoms. The Labute approximate surface area is 312 Å². The van der Waals surface area contributed by atoms with E-state index in [4.69, 9.17) is 14.3 Å². The largest absolute Gasteiger partial charge is 0.494 e. The molecule has 8 rings (SSSR count). The molecule has 7 aromatic rings. The molecule has 1 saturated heterocycles. The Kier molecular flexibility index (Phi) is 10.1. The fourth-order valence-corrected chi connectivity index (χ4v) is 7.58. The number of aromatic nitrogens is 1. The molecule has 258 valence electrons. The number of benzene rings is 6. The highest BCUT2D eigenvalue weighted by Gasteiger charge is 2.51. The minimum absolute atomic E-state index is 0.454. The minimum Gasteiger partial charge on any atom is -0.399 e. The monoisotopic (exact) mass is 697 g/mol. The van der Waals surface area contributed by atoms with Crippen molar-refractivity contribution in [2.24, 2.45) is 0 Å². The van der Waals surface area contributed by atoms with Crippen molar-refractivity contribution < 1.29 is 9.31 Å². The van der Waals surface area contributed by atoms with Crippen LogP contribution < -0.4 is 5.46 Å². The van der Waals surface area contributed by atoms with Gasteiger partial charge in [-0.25, -0.2) is 4.98 Å². The summed E-state index contributed by atoms with van der Waals surface area (Å²) in [6, 6.07) is 56.0. The molecule has 52 heavy (non-hydrogen) atoms. The van der Waals surface area contributed by atoms with Gasteiger partial charge in [-0.2, -0.15) is 0 Å². The smallest absolute Gasteiger partial charge is 0.399 e. The SMILES string of the molecule is CC.CC1(C)OB(c2cc(-c3cccc(C(=C(c4ccccc4)c4ccccc4)c4ccccc4)c3)cc(-c3nc4ccccc4s3)c2)OC1(C)C. The molecule has 0 aliphatic carbocycles. The highest BCUT2D eigenvalue weighted by atomic mass is 32.1. The lowest BCUT2D eigenvalue weighted by atomic mass is 9.76. The van der Waals surface area contributed by atoms with E-state index in [1.807, 2.05) is 19.9 Å². The van der Waals surface area contributed by atoms with Crippen molar-refractivity contribution >= 4 is 45.3 Å². The van der Waals surface area contributed by atoms with E-state index in [9.17, 15) is 0 Å². The molecule has 1 fully saturated rings. The first-order valence-electron chi connectivity index (χ1n) is 18.1. The van der Waals surface area contributed by atoms with Gasteiger partial charge in [0.15, 0.2) is 0 Å². The third kappa shape index (κ3) is 7.05. The molecule has 0 spiro atoms. The summed E-state index contributed by atoms with van der Waals surface area (Å²) in [6.07, 6.45) is 0. The highest BCUT2D eigenvalue weighted by molar-refractivity contribution is 7.21. The molecule has 1 aliphatic rings. The van der Waals surface area contributed by atoms with Crippen molar-refractivity contribution in [2.75, 3.05) is 0 Å². The van der Waals surface area contributed by atoms with Crippen LogP contribution in [0.5, 0.6) is 0 Å².